The zero-order valence-electron chi connectivity index (χ0n) is 13.3. The number of rotatable bonds is 3. The van der Waals surface area contributed by atoms with Crippen molar-refractivity contribution in [2.45, 2.75) is 32.2 Å². The third-order valence-electron chi connectivity index (χ3n) is 3.74. The Kier molecular flexibility index (Phi) is 4.85. The number of hydrogen-bond donors (Lipinski definition) is 0. The van der Waals surface area contributed by atoms with Crippen LogP contribution in [-0.2, 0) is 21.1 Å². The standard InChI is InChI=1S/C15H18F3NO4S/c1-14(2)10-24(21,22)8-7-19(14)13(20)9-11-3-5-12(6-4-11)23-15(16,17)18/h3-6H,7-10H2,1-2H3. The summed E-state index contributed by atoms with van der Waals surface area (Å²) in [5, 5.41) is 0. The number of amides is 1. The molecule has 0 saturated carbocycles. The molecular weight excluding hydrogens is 347 g/mol. The van der Waals surface area contributed by atoms with Crippen LogP contribution in [0.3, 0.4) is 0 Å². The van der Waals surface area contributed by atoms with Crippen molar-refractivity contribution in [1.29, 1.82) is 0 Å². The van der Waals surface area contributed by atoms with Crippen LogP contribution in [0.4, 0.5) is 13.2 Å². The number of ether oxygens (including phenoxy) is 1. The van der Waals surface area contributed by atoms with Crippen LogP contribution in [0.2, 0.25) is 0 Å². The predicted molar refractivity (Wildman–Crippen MR) is 81.3 cm³/mol. The quantitative estimate of drug-likeness (QED) is 0.824. The summed E-state index contributed by atoms with van der Waals surface area (Å²) >= 11 is 0. The van der Waals surface area contributed by atoms with Gasteiger partial charge in [0, 0.05) is 6.54 Å². The number of nitrogens with zero attached hydrogens (tertiary/aromatic N) is 1. The van der Waals surface area contributed by atoms with Gasteiger partial charge in [-0.15, -0.1) is 13.2 Å². The van der Waals surface area contributed by atoms with Crippen LogP contribution < -0.4 is 4.74 Å². The Balaban J connectivity index is 2.04. The summed E-state index contributed by atoms with van der Waals surface area (Å²) in [5.74, 6) is -0.813. The minimum Gasteiger partial charge on any atom is -0.406 e. The zero-order valence-corrected chi connectivity index (χ0v) is 14.1. The molecule has 5 nitrogen and oxygen atoms in total. The molecule has 134 valence electrons. The molecule has 1 aliphatic heterocycles. The number of sulfone groups is 1. The SMILES string of the molecule is CC1(C)CS(=O)(=O)CCN1C(=O)Cc1ccc(OC(F)(F)F)cc1. The molecule has 0 unspecified atom stereocenters. The van der Waals surface area contributed by atoms with Crippen molar-refractivity contribution in [1.82, 2.24) is 4.90 Å². The van der Waals surface area contributed by atoms with Crippen molar-refractivity contribution in [3.05, 3.63) is 29.8 Å². The highest BCUT2D eigenvalue weighted by Crippen LogP contribution is 2.25. The Morgan fingerprint density at radius 1 is 1.25 bits per heavy atom. The summed E-state index contributed by atoms with van der Waals surface area (Å²) in [5.41, 5.74) is -0.285. The third kappa shape index (κ3) is 4.86. The van der Waals surface area contributed by atoms with Gasteiger partial charge in [0.25, 0.3) is 0 Å². The molecule has 1 fully saturated rings. The second kappa shape index (κ2) is 6.27. The molecule has 1 saturated heterocycles. The molecule has 0 radical (unpaired) electrons. The van der Waals surface area contributed by atoms with E-state index in [-0.39, 0.29) is 36.1 Å². The first-order chi connectivity index (χ1) is 10.9. The molecule has 1 amide bonds. The van der Waals surface area contributed by atoms with Crippen molar-refractivity contribution in [2.24, 2.45) is 0 Å². The lowest BCUT2D eigenvalue weighted by Gasteiger charge is -2.42. The minimum absolute atomic E-state index is 0.0181. The first-order valence-electron chi connectivity index (χ1n) is 7.24. The van der Waals surface area contributed by atoms with Crippen LogP contribution >= 0.6 is 0 Å². The van der Waals surface area contributed by atoms with Crippen LogP contribution in [0.15, 0.2) is 24.3 Å². The average Bonchev–Trinajstić information content (AvgIpc) is 2.36. The number of carbonyl (C=O) groups is 1. The summed E-state index contributed by atoms with van der Waals surface area (Å²) < 4.78 is 63.5. The lowest BCUT2D eigenvalue weighted by Crippen LogP contribution is -2.58. The van der Waals surface area contributed by atoms with Crippen molar-refractivity contribution >= 4 is 15.7 Å². The van der Waals surface area contributed by atoms with Gasteiger partial charge >= 0.3 is 6.36 Å². The number of benzene rings is 1. The molecule has 1 heterocycles. The van der Waals surface area contributed by atoms with Crippen molar-refractivity contribution in [3.63, 3.8) is 0 Å². The molecule has 1 aromatic rings. The van der Waals surface area contributed by atoms with E-state index in [0.717, 1.165) is 12.1 Å². The molecule has 9 heteroatoms. The molecule has 0 N–H and O–H groups in total. The molecule has 0 atom stereocenters. The van der Waals surface area contributed by atoms with Gasteiger partial charge in [-0.3, -0.25) is 4.79 Å². The van der Waals surface area contributed by atoms with E-state index >= 15 is 0 Å². The lowest BCUT2D eigenvalue weighted by atomic mass is 10.0. The van der Waals surface area contributed by atoms with Crippen LogP contribution in [0.1, 0.15) is 19.4 Å². The Labute approximate surface area is 138 Å². The minimum atomic E-state index is -4.76. The smallest absolute Gasteiger partial charge is 0.406 e. The largest absolute Gasteiger partial charge is 0.573 e. The predicted octanol–water partition coefficient (Wildman–Crippen LogP) is 2.16. The monoisotopic (exact) mass is 365 g/mol. The van der Waals surface area contributed by atoms with Crippen LogP contribution in [0, 0.1) is 0 Å². The van der Waals surface area contributed by atoms with E-state index in [0.29, 0.717) is 5.56 Å². The first kappa shape index (κ1) is 18.6. The third-order valence-corrected chi connectivity index (χ3v) is 5.69. The van der Waals surface area contributed by atoms with Crippen LogP contribution in [0.5, 0.6) is 5.75 Å². The molecule has 0 aromatic heterocycles. The van der Waals surface area contributed by atoms with Gasteiger partial charge < -0.3 is 9.64 Å². The molecule has 0 aliphatic carbocycles. The van der Waals surface area contributed by atoms with E-state index in [1.807, 2.05) is 0 Å². The summed E-state index contributed by atoms with van der Waals surface area (Å²) in [6.45, 7) is 3.48. The zero-order chi connectivity index (χ0) is 18.2. The van der Waals surface area contributed by atoms with Crippen molar-refractivity contribution < 1.29 is 31.1 Å². The molecular formula is C15H18F3NO4S. The Morgan fingerprint density at radius 2 is 1.83 bits per heavy atom. The second-order valence-corrected chi connectivity index (χ2v) is 8.50. The number of alkyl halides is 3. The molecule has 0 bridgehead atoms. The first-order valence-corrected chi connectivity index (χ1v) is 9.06. The molecule has 1 aliphatic rings. The normalized spacial score (nSPS) is 19.8. The fraction of sp³-hybridized carbons (Fsp3) is 0.533. The topological polar surface area (TPSA) is 63.7 Å². The van der Waals surface area contributed by atoms with E-state index in [2.05, 4.69) is 4.74 Å². The van der Waals surface area contributed by atoms with Gasteiger partial charge in [-0.1, -0.05) is 12.1 Å². The summed E-state index contributed by atoms with van der Waals surface area (Å²) in [6, 6.07) is 5.04. The lowest BCUT2D eigenvalue weighted by molar-refractivity contribution is -0.274. The van der Waals surface area contributed by atoms with E-state index in [4.69, 9.17) is 0 Å². The molecule has 1 aromatic carbocycles. The van der Waals surface area contributed by atoms with Crippen molar-refractivity contribution in [3.8, 4) is 5.75 Å². The summed E-state index contributed by atoms with van der Waals surface area (Å²) in [6.07, 6.45) is -4.78. The molecule has 24 heavy (non-hydrogen) atoms. The van der Waals surface area contributed by atoms with Crippen LogP contribution in [-0.4, -0.2) is 49.2 Å². The van der Waals surface area contributed by atoms with Crippen molar-refractivity contribution in [2.75, 3.05) is 18.1 Å². The van der Waals surface area contributed by atoms with Gasteiger partial charge in [-0.25, -0.2) is 8.42 Å². The van der Waals surface area contributed by atoms with Gasteiger partial charge in [-0.05, 0) is 31.5 Å². The van der Waals surface area contributed by atoms with Gasteiger partial charge in [0.15, 0.2) is 9.84 Å². The highest BCUT2D eigenvalue weighted by Gasteiger charge is 2.39. The van der Waals surface area contributed by atoms with E-state index < -0.39 is 21.7 Å². The van der Waals surface area contributed by atoms with Gasteiger partial charge in [0.1, 0.15) is 5.75 Å². The maximum atomic E-state index is 12.4. The fourth-order valence-corrected chi connectivity index (χ4v) is 4.60. The molecule has 2 rings (SSSR count). The van der Waals surface area contributed by atoms with Gasteiger partial charge in [0.2, 0.25) is 5.91 Å². The van der Waals surface area contributed by atoms with Crippen LogP contribution in [0.25, 0.3) is 0 Å². The van der Waals surface area contributed by atoms with E-state index in [1.165, 1.54) is 17.0 Å². The summed E-state index contributed by atoms with van der Waals surface area (Å²) in [4.78, 5) is 13.9. The average molecular weight is 365 g/mol. The molecule has 0 spiro atoms. The maximum Gasteiger partial charge on any atom is 0.573 e. The van der Waals surface area contributed by atoms with E-state index in [9.17, 15) is 26.4 Å². The fourth-order valence-electron chi connectivity index (χ4n) is 2.76. The van der Waals surface area contributed by atoms with Gasteiger partial charge in [-0.2, -0.15) is 0 Å². The second-order valence-electron chi connectivity index (χ2n) is 6.32. The number of carbonyl (C=O) groups excluding carboxylic acids is 1. The maximum absolute atomic E-state index is 12.4. The highest BCUT2D eigenvalue weighted by molar-refractivity contribution is 7.91. The van der Waals surface area contributed by atoms with E-state index in [1.54, 1.807) is 13.8 Å². The van der Waals surface area contributed by atoms with Gasteiger partial charge in [0.05, 0.1) is 23.5 Å². The number of hydrogen-bond acceptors (Lipinski definition) is 4. The number of halogens is 3. The summed E-state index contributed by atoms with van der Waals surface area (Å²) in [7, 11) is -3.17. The Morgan fingerprint density at radius 3 is 2.33 bits per heavy atom. The Hall–Kier alpha value is -1.77. The highest BCUT2D eigenvalue weighted by atomic mass is 32.2. The Bertz CT molecular complexity index is 711.